The summed E-state index contributed by atoms with van der Waals surface area (Å²) in [4.78, 5) is 0. The normalized spacial score (nSPS) is 33.4. The summed E-state index contributed by atoms with van der Waals surface area (Å²) in [7, 11) is -1.73. The van der Waals surface area contributed by atoms with Crippen molar-refractivity contribution in [3.63, 3.8) is 0 Å². The highest BCUT2D eigenvalue weighted by molar-refractivity contribution is 6.74. The van der Waals surface area contributed by atoms with Gasteiger partial charge in [-0.2, -0.15) is 0 Å². The monoisotopic (exact) mass is 231 g/mol. The molecule has 0 aromatic rings. The lowest BCUT2D eigenvalue weighted by Crippen LogP contribution is -2.47. The molecule has 1 aliphatic carbocycles. The molecule has 0 aromatic heterocycles. The maximum Gasteiger partial charge on any atom is 0.192 e. The van der Waals surface area contributed by atoms with Crippen LogP contribution in [0.4, 0.5) is 0 Å². The fourth-order valence-corrected chi connectivity index (χ4v) is 3.08. The van der Waals surface area contributed by atoms with Crippen molar-refractivity contribution in [1.29, 1.82) is 0 Å². The molecule has 1 aliphatic rings. The van der Waals surface area contributed by atoms with Crippen LogP contribution in [0.15, 0.2) is 0 Å². The van der Waals surface area contributed by atoms with Gasteiger partial charge in [-0.05, 0) is 31.0 Å². The summed E-state index contributed by atoms with van der Waals surface area (Å²) in [5.74, 6) is 0. The van der Waals surface area contributed by atoms with Crippen LogP contribution in [0.2, 0.25) is 18.1 Å². The second-order valence-electron chi connectivity index (χ2n) is 6.21. The van der Waals surface area contributed by atoms with Crippen LogP contribution in [0.1, 0.15) is 33.6 Å². The number of aliphatic hydroxyl groups excluding tert-OH is 1. The number of aliphatic hydroxyl groups is 1. The van der Waals surface area contributed by atoms with Gasteiger partial charge < -0.3 is 15.3 Å². The fraction of sp³-hybridized carbons (Fsp3) is 1.00. The summed E-state index contributed by atoms with van der Waals surface area (Å²) in [5, 5.41) is 9.73. The minimum absolute atomic E-state index is 0.00845. The molecule has 1 saturated carbocycles. The quantitative estimate of drug-likeness (QED) is 0.713. The van der Waals surface area contributed by atoms with E-state index >= 15 is 0 Å². The van der Waals surface area contributed by atoms with E-state index in [0.717, 1.165) is 0 Å². The van der Waals surface area contributed by atoms with Gasteiger partial charge in [0.1, 0.15) is 0 Å². The Balaban J connectivity index is 2.62. The van der Waals surface area contributed by atoms with Crippen molar-refractivity contribution in [2.75, 3.05) is 0 Å². The third-order valence-corrected chi connectivity index (χ3v) is 8.28. The van der Waals surface area contributed by atoms with Crippen molar-refractivity contribution >= 4 is 8.32 Å². The summed E-state index contributed by atoms with van der Waals surface area (Å²) in [5.41, 5.74) is 5.96. The minimum Gasteiger partial charge on any atom is -0.412 e. The molecular weight excluding hydrogens is 206 g/mol. The third kappa shape index (κ3) is 3.03. The van der Waals surface area contributed by atoms with E-state index in [2.05, 4.69) is 33.9 Å². The lowest BCUT2D eigenvalue weighted by Gasteiger charge is -2.39. The Morgan fingerprint density at radius 1 is 1.27 bits per heavy atom. The molecule has 0 amide bonds. The van der Waals surface area contributed by atoms with Gasteiger partial charge in [-0.1, -0.05) is 20.8 Å². The summed E-state index contributed by atoms with van der Waals surface area (Å²) in [6, 6.07) is 0.00845. The summed E-state index contributed by atoms with van der Waals surface area (Å²) >= 11 is 0. The molecule has 90 valence electrons. The van der Waals surface area contributed by atoms with Crippen molar-refractivity contribution in [3.8, 4) is 0 Å². The second-order valence-corrected chi connectivity index (χ2v) is 11.0. The van der Waals surface area contributed by atoms with Gasteiger partial charge in [-0.3, -0.25) is 0 Å². The molecule has 15 heavy (non-hydrogen) atoms. The topological polar surface area (TPSA) is 55.5 Å². The van der Waals surface area contributed by atoms with Gasteiger partial charge in [-0.15, -0.1) is 0 Å². The Morgan fingerprint density at radius 2 is 1.80 bits per heavy atom. The van der Waals surface area contributed by atoms with E-state index in [4.69, 9.17) is 10.2 Å². The Kier molecular flexibility index (Phi) is 3.65. The molecule has 3 atom stereocenters. The maximum atomic E-state index is 9.53. The molecule has 0 saturated heterocycles. The molecule has 1 unspecified atom stereocenters. The van der Waals surface area contributed by atoms with E-state index in [9.17, 15) is 5.11 Å². The van der Waals surface area contributed by atoms with Crippen molar-refractivity contribution in [3.05, 3.63) is 0 Å². The van der Waals surface area contributed by atoms with Gasteiger partial charge >= 0.3 is 0 Å². The van der Waals surface area contributed by atoms with Crippen LogP contribution in [-0.4, -0.2) is 31.7 Å². The molecule has 0 aromatic carbocycles. The predicted molar refractivity (Wildman–Crippen MR) is 65.3 cm³/mol. The van der Waals surface area contributed by atoms with Gasteiger partial charge in [0.05, 0.1) is 12.2 Å². The van der Waals surface area contributed by atoms with Gasteiger partial charge in [0, 0.05) is 6.04 Å². The molecule has 3 N–H and O–H groups in total. The van der Waals surface area contributed by atoms with E-state index in [0.29, 0.717) is 12.8 Å². The number of hydrogen-bond donors (Lipinski definition) is 2. The average Bonchev–Trinajstić information content (AvgIpc) is 2.26. The molecule has 1 fully saturated rings. The molecule has 3 nitrogen and oxygen atoms in total. The predicted octanol–water partition coefficient (Wildman–Crippen LogP) is 1.86. The van der Waals surface area contributed by atoms with Crippen LogP contribution in [0.5, 0.6) is 0 Å². The van der Waals surface area contributed by atoms with Gasteiger partial charge in [0.15, 0.2) is 8.32 Å². The molecule has 0 aliphatic heterocycles. The van der Waals surface area contributed by atoms with Crippen molar-refractivity contribution in [2.45, 2.75) is 70.0 Å². The van der Waals surface area contributed by atoms with Crippen molar-refractivity contribution in [1.82, 2.24) is 0 Å². The van der Waals surface area contributed by atoms with Gasteiger partial charge in [0.2, 0.25) is 0 Å². The van der Waals surface area contributed by atoms with E-state index in [1.165, 1.54) is 0 Å². The molecule has 4 heteroatoms. The summed E-state index contributed by atoms with van der Waals surface area (Å²) in [6.07, 6.45) is 1.17. The molecule has 0 heterocycles. The first-order valence-electron chi connectivity index (χ1n) is 5.75. The molecule has 0 radical (unpaired) electrons. The van der Waals surface area contributed by atoms with Crippen LogP contribution < -0.4 is 5.73 Å². The first-order valence-corrected chi connectivity index (χ1v) is 8.66. The van der Waals surface area contributed by atoms with E-state index in [1.54, 1.807) is 0 Å². The highest BCUT2D eigenvalue weighted by atomic mass is 28.4. The smallest absolute Gasteiger partial charge is 0.192 e. The van der Waals surface area contributed by atoms with Gasteiger partial charge in [-0.25, -0.2) is 0 Å². The first kappa shape index (κ1) is 13.2. The van der Waals surface area contributed by atoms with Crippen LogP contribution in [0, 0.1) is 0 Å². The second kappa shape index (κ2) is 4.16. The molecular formula is C11H25NO2Si. The SMILES string of the molecule is CC(C)(C)[Si](C)(C)O[C@@H]1CC(O)C[C@H]1N. The molecule has 0 bridgehead atoms. The first-order chi connectivity index (χ1) is 6.63. The van der Waals surface area contributed by atoms with E-state index in [-0.39, 0.29) is 23.3 Å². The minimum atomic E-state index is -1.73. The Morgan fingerprint density at radius 3 is 2.13 bits per heavy atom. The van der Waals surface area contributed by atoms with Crippen molar-refractivity contribution in [2.24, 2.45) is 5.73 Å². The highest BCUT2D eigenvalue weighted by Crippen LogP contribution is 2.39. The maximum absolute atomic E-state index is 9.53. The van der Waals surface area contributed by atoms with E-state index < -0.39 is 8.32 Å². The van der Waals surface area contributed by atoms with Crippen LogP contribution >= 0.6 is 0 Å². The zero-order valence-corrected chi connectivity index (χ0v) is 11.6. The number of nitrogens with two attached hydrogens (primary N) is 1. The van der Waals surface area contributed by atoms with Crippen molar-refractivity contribution < 1.29 is 9.53 Å². The summed E-state index contributed by atoms with van der Waals surface area (Å²) in [6.45, 7) is 11.1. The largest absolute Gasteiger partial charge is 0.412 e. The molecule has 1 rings (SSSR count). The average molecular weight is 231 g/mol. The number of rotatable bonds is 2. The van der Waals surface area contributed by atoms with Crippen LogP contribution in [0.3, 0.4) is 0 Å². The third-order valence-electron chi connectivity index (χ3n) is 3.78. The Bertz CT molecular complexity index is 225. The Hall–Kier alpha value is 0.0969. The standard InChI is InChI=1S/C11H25NO2Si/c1-11(2,3)15(4,5)14-10-7-8(13)6-9(10)12/h8-10,13H,6-7,12H2,1-5H3/t8?,9-,10-/m1/s1. The highest BCUT2D eigenvalue weighted by Gasteiger charge is 2.42. The van der Waals surface area contributed by atoms with Crippen LogP contribution in [0.25, 0.3) is 0 Å². The zero-order chi connectivity index (χ0) is 11.9. The molecule has 0 spiro atoms. The zero-order valence-electron chi connectivity index (χ0n) is 10.6. The van der Waals surface area contributed by atoms with Crippen LogP contribution in [-0.2, 0) is 4.43 Å². The summed E-state index contributed by atoms with van der Waals surface area (Å²) < 4.78 is 6.20. The lowest BCUT2D eigenvalue weighted by atomic mass is 10.2. The van der Waals surface area contributed by atoms with Gasteiger partial charge in [0.25, 0.3) is 0 Å². The Labute approximate surface area is 94.1 Å². The number of hydrogen-bond acceptors (Lipinski definition) is 3. The fourth-order valence-electron chi connectivity index (χ4n) is 1.70. The lowest BCUT2D eigenvalue weighted by molar-refractivity contribution is 0.138. The van der Waals surface area contributed by atoms with E-state index in [1.807, 2.05) is 0 Å².